The van der Waals surface area contributed by atoms with E-state index >= 15 is 0 Å². The smallest absolute Gasteiger partial charge is 0.277 e. The lowest BCUT2D eigenvalue weighted by Crippen LogP contribution is -2.18. The van der Waals surface area contributed by atoms with E-state index in [-0.39, 0.29) is 10.2 Å². The number of hydrogen-bond donors (Lipinski definition) is 1. The van der Waals surface area contributed by atoms with Crippen LogP contribution in [0, 0.1) is 29.1 Å². The third kappa shape index (κ3) is 2.70. The van der Waals surface area contributed by atoms with Crippen LogP contribution >= 0.6 is 15.9 Å². The van der Waals surface area contributed by atoms with E-state index in [1.165, 1.54) is 10.9 Å². The molecule has 0 aliphatic carbocycles. The maximum absolute atomic E-state index is 13.5. The highest BCUT2D eigenvalue weighted by Gasteiger charge is 2.28. The Morgan fingerprint density at radius 2 is 1.64 bits per heavy atom. The number of aryl methyl sites for hydroxylation is 1. The average Bonchev–Trinajstić information content (AvgIpc) is 2.88. The van der Waals surface area contributed by atoms with Crippen molar-refractivity contribution in [2.24, 2.45) is 0 Å². The van der Waals surface area contributed by atoms with Crippen molar-refractivity contribution in [3.8, 4) is 0 Å². The number of benzene rings is 1. The van der Waals surface area contributed by atoms with Crippen molar-refractivity contribution in [1.29, 1.82) is 0 Å². The maximum atomic E-state index is 13.5. The van der Waals surface area contributed by atoms with Gasteiger partial charge in [0, 0.05) is 12.7 Å². The van der Waals surface area contributed by atoms with Crippen LogP contribution in [0.3, 0.4) is 0 Å². The van der Waals surface area contributed by atoms with Crippen LogP contribution in [0.4, 0.5) is 27.6 Å². The first-order chi connectivity index (χ1) is 10.3. The Morgan fingerprint density at radius 1 is 1.14 bits per heavy atom. The van der Waals surface area contributed by atoms with E-state index in [2.05, 4.69) is 21.0 Å². The molecule has 1 N–H and O–H groups in total. The van der Waals surface area contributed by atoms with Gasteiger partial charge in [0.1, 0.15) is 5.69 Å². The molecular formula is C12H7BrF5N3O. The van der Waals surface area contributed by atoms with Gasteiger partial charge in [-0.25, -0.2) is 22.0 Å². The molecule has 10 heteroatoms. The molecule has 0 aliphatic rings. The van der Waals surface area contributed by atoms with Crippen molar-refractivity contribution < 1.29 is 26.7 Å². The SMILES string of the molecule is CCn1cc(Br)c(C(=O)Nc2c(F)c(F)c(F)c(F)c2F)n1. The normalized spacial score (nSPS) is 10.9. The van der Waals surface area contributed by atoms with E-state index in [1.807, 2.05) is 0 Å². The molecule has 2 aromatic rings. The Morgan fingerprint density at radius 3 is 2.09 bits per heavy atom. The van der Waals surface area contributed by atoms with Gasteiger partial charge in [-0.2, -0.15) is 5.10 Å². The molecule has 118 valence electrons. The molecular weight excluding hydrogens is 377 g/mol. The van der Waals surface area contributed by atoms with Crippen LogP contribution in [-0.4, -0.2) is 15.7 Å². The van der Waals surface area contributed by atoms with Gasteiger partial charge in [0.05, 0.1) is 4.47 Å². The molecule has 0 saturated carbocycles. The van der Waals surface area contributed by atoms with Crippen molar-refractivity contribution in [1.82, 2.24) is 9.78 Å². The Balaban J connectivity index is 2.42. The molecule has 1 heterocycles. The van der Waals surface area contributed by atoms with Crippen molar-refractivity contribution in [3.05, 3.63) is 45.4 Å². The van der Waals surface area contributed by atoms with Gasteiger partial charge in [0.15, 0.2) is 29.0 Å². The number of aromatic nitrogens is 2. The Kier molecular flexibility index (Phi) is 4.50. The van der Waals surface area contributed by atoms with Crippen molar-refractivity contribution >= 4 is 27.5 Å². The molecule has 1 aromatic heterocycles. The van der Waals surface area contributed by atoms with Gasteiger partial charge in [-0.15, -0.1) is 0 Å². The molecule has 0 fully saturated rings. The predicted molar refractivity (Wildman–Crippen MR) is 69.8 cm³/mol. The molecule has 2 rings (SSSR count). The Bertz CT molecular complexity index is 733. The lowest BCUT2D eigenvalue weighted by Gasteiger charge is -2.09. The van der Waals surface area contributed by atoms with Gasteiger partial charge < -0.3 is 5.32 Å². The second kappa shape index (κ2) is 6.03. The molecule has 1 amide bonds. The maximum Gasteiger partial charge on any atom is 0.277 e. The molecule has 0 saturated heterocycles. The van der Waals surface area contributed by atoms with Crippen LogP contribution in [0.2, 0.25) is 0 Å². The molecule has 0 bridgehead atoms. The summed E-state index contributed by atoms with van der Waals surface area (Å²) in [5.41, 5.74) is -1.69. The molecule has 4 nitrogen and oxygen atoms in total. The van der Waals surface area contributed by atoms with Gasteiger partial charge >= 0.3 is 0 Å². The Labute approximate surface area is 129 Å². The fourth-order valence-electron chi connectivity index (χ4n) is 1.60. The van der Waals surface area contributed by atoms with E-state index in [9.17, 15) is 26.7 Å². The van der Waals surface area contributed by atoms with Gasteiger partial charge in [-0.3, -0.25) is 9.48 Å². The zero-order valence-electron chi connectivity index (χ0n) is 10.9. The summed E-state index contributed by atoms with van der Waals surface area (Å²) < 4.78 is 67.5. The predicted octanol–water partition coefficient (Wildman–Crippen LogP) is 3.61. The number of carbonyl (C=O) groups excluding carboxylic acids is 1. The Hall–Kier alpha value is -1.97. The summed E-state index contributed by atoms with van der Waals surface area (Å²) in [6.07, 6.45) is 1.42. The highest BCUT2D eigenvalue weighted by Crippen LogP contribution is 2.28. The first kappa shape index (κ1) is 16.4. The number of carbonyl (C=O) groups is 1. The van der Waals surface area contributed by atoms with Gasteiger partial charge in [-0.05, 0) is 22.9 Å². The standard InChI is InChI=1S/C12H7BrF5N3O/c1-2-21-3-4(13)10(20-21)12(22)19-11-8(17)6(15)5(14)7(16)9(11)18/h3H,2H2,1H3,(H,19,22). The number of rotatable bonds is 3. The summed E-state index contributed by atoms with van der Waals surface area (Å²) in [4.78, 5) is 11.9. The zero-order chi connectivity index (χ0) is 16.6. The highest BCUT2D eigenvalue weighted by atomic mass is 79.9. The van der Waals surface area contributed by atoms with Crippen LogP contribution < -0.4 is 5.32 Å². The van der Waals surface area contributed by atoms with E-state index in [4.69, 9.17) is 0 Å². The molecule has 0 aliphatic heterocycles. The topological polar surface area (TPSA) is 46.9 Å². The minimum absolute atomic E-state index is 0.204. The third-order valence-electron chi connectivity index (χ3n) is 2.70. The molecule has 22 heavy (non-hydrogen) atoms. The summed E-state index contributed by atoms with van der Waals surface area (Å²) in [5, 5.41) is 5.44. The number of halogens is 6. The number of anilines is 1. The van der Waals surface area contributed by atoms with Crippen LogP contribution in [0.5, 0.6) is 0 Å². The minimum Gasteiger partial charge on any atom is -0.315 e. The highest BCUT2D eigenvalue weighted by molar-refractivity contribution is 9.10. The van der Waals surface area contributed by atoms with Crippen LogP contribution in [-0.2, 0) is 6.54 Å². The summed E-state index contributed by atoms with van der Waals surface area (Å²) in [6.45, 7) is 2.14. The summed E-state index contributed by atoms with van der Waals surface area (Å²) in [5.74, 6) is -12.0. The van der Waals surface area contributed by atoms with E-state index < -0.39 is 40.7 Å². The second-order valence-corrected chi connectivity index (χ2v) is 4.93. The van der Waals surface area contributed by atoms with E-state index in [0.717, 1.165) is 0 Å². The van der Waals surface area contributed by atoms with Gasteiger partial charge in [-0.1, -0.05) is 0 Å². The second-order valence-electron chi connectivity index (χ2n) is 4.08. The summed E-state index contributed by atoms with van der Waals surface area (Å²) >= 11 is 3.01. The minimum atomic E-state index is -2.30. The molecule has 0 unspecified atom stereocenters. The van der Waals surface area contributed by atoms with Crippen LogP contribution in [0.15, 0.2) is 10.7 Å². The fraction of sp³-hybridized carbons (Fsp3) is 0.167. The fourth-order valence-corrected chi connectivity index (χ4v) is 2.10. The van der Waals surface area contributed by atoms with Crippen LogP contribution in [0.25, 0.3) is 0 Å². The summed E-state index contributed by atoms with van der Waals surface area (Å²) in [7, 11) is 0. The first-order valence-corrected chi connectivity index (χ1v) is 6.62. The van der Waals surface area contributed by atoms with Crippen molar-refractivity contribution in [2.45, 2.75) is 13.5 Å². The first-order valence-electron chi connectivity index (χ1n) is 5.83. The van der Waals surface area contributed by atoms with Crippen LogP contribution in [0.1, 0.15) is 17.4 Å². The zero-order valence-corrected chi connectivity index (χ0v) is 12.4. The number of amides is 1. The van der Waals surface area contributed by atoms with Crippen molar-refractivity contribution in [2.75, 3.05) is 5.32 Å². The van der Waals surface area contributed by atoms with Gasteiger partial charge in [0.25, 0.3) is 5.91 Å². The lowest BCUT2D eigenvalue weighted by molar-refractivity contribution is 0.101. The lowest BCUT2D eigenvalue weighted by atomic mass is 10.2. The number of nitrogens with zero attached hydrogens (tertiary/aromatic N) is 2. The van der Waals surface area contributed by atoms with Gasteiger partial charge in [0.2, 0.25) is 5.82 Å². The number of nitrogens with one attached hydrogen (secondary N) is 1. The molecule has 1 aromatic carbocycles. The monoisotopic (exact) mass is 383 g/mol. The van der Waals surface area contributed by atoms with E-state index in [1.54, 1.807) is 12.2 Å². The molecule has 0 atom stereocenters. The molecule has 0 radical (unpaired) electrons. The number of hydrogen-bond acceptors (Lipinski definition) is 2. The summed E-state index contributed by atoms with van der Waals surface area (Å²) in [6, 6.07) is 0. The molecule has 0 spiro atoms. The third-order valence-corrected chi connectivity index (χ3v) is 3.28. The van der Waals surface area contributed by atoms with E-state index in [0.29, 0.717) is 6.54 Å². The largest absolute Gasteiger partial charge is 0.315 e. The quantitative estimate of drug-likeness (QED) is 0.500. The van der Waals surface area contributed by atoms with Crippen molar-refractivity contribution in [3.63, 3.8) is 0 Å². The average molecular weight is 384 g/mol.